The molecule has 0 N–H and O–H groups in total. The van der Waals surface area contributed by atoms with Gasteiger partial charge in [0.15, 0.2) is 0 Å². The SMILES string of the molecule is CCN1C(=O)c2ccccc2[S@](=O)c2ccc(C(=O)N3CCN(c4ccccn4)CC3)cc21. The summed E-state index contributed by atoms with van der Waals surface area (Å²) in [4.78, 5) is 37.6. The highest BCUT2D eigenvalue weighted by Crippen LogP contribution is 2.35. The maximum absolute atomic E-state index is 13.3. The Morgan fingerprint density at radius 3 is 2.45 bits per heavy atom. The molecule has 3 aromatic rings. The predicted octanol–water partition coefficient (Wildman–Crippen LogP) is 3.19. The zero-order chi connectivity index (χ0) is 22.9. The van der Waals surface area contributed by atoms with Crippen LogP contribution in [0, 0.1) is 0 Å². The number of benzene rings is 2. The van der Waals surface area contributed by atoms with E-state index in [9.17, 15) is 13.8 Å². The van der Waals surface area contributed by atoms with Gasteiger partial charge in [0.1, 0.15) is 5.82 Å². The van der Waals surface area contributed by atoms with Crippen molar-refractivity contribution in [3.05, 3.63) is 78.0 Å². The molecule has 0 radical (unpaired) electrons. The number of rotatable bonds is 3. The van der Waals surface area contributed by atoms with Crippen LogP contribution in [-0.4, -0.2) is 58.6 Å². The van der Waals surface area contributed by atoms with E-state index in [1.807, 2.05) is 30.0 Å². The molecule has 5 rings (SSSR count). The van der Waals surface area contributed by atoms with E-state index in [4.69, 9.17) is 0 Å². The smallest absolute Gasteiger partial charge is 0.259 e. The lowest BCUT2D eigenvalue weighted by Crippen LogP contribution is -2.49. The molecule has 2 amide bonds. The van der Waals surface area contributed by atoms with Crippen molar-refractivity contribution in [1.29, 1.82) is 0 Å². The summed E-state index contributed by atoms with van der Waals surface area (Å²) < 4.78 is 13.3. The maximum atomic E-state index is 13.3. The predicted molar refractivity (Wildman–Crippen MR) is 127 cm³/mol. The molecule has 7 nitrogen and oxygen atoms in total. The molecular formula is C25H24N4O3S. The molecule has 0 saturated carbocycles. The molecule has 33 heavy (non-hydrogen) atoms. The van der Waals surface area contributed by atoms with Gasteiger partial charge in [-0.15, -0.1) is 0 Å². The number of nitrogens with zero attached hydrogens (tertiary/aromatic N) is 4. The summed E-state index contributed by atoms with van der Waals surface area (Å²) in [6.45, 7) is 4.86. The molecule has 2 aromatic carbocycles. The second-order valence-corrected chi connectivity index (χ2v) is 9.38. The van der Waals surface area contributed by atoms with Crippen molar-refractivity contribution in [2.45, 2.75) is 16.7 Å². The Morgan fingerprint density at radius 2 is 1.73 bits per heavy atom. The fourth-order valence-corrected chi connectivity index (χ4v) is 5.72. The topological polar surface area (TPSA) is 73.8 Å². The number of carbonyl (C=O) groups is 2. The minimum Gasteiger partial charge on any atom is -0.353 e. The summed E-state index contributed by atoms with van der Waals surface area (Å²) in [5.74, 6) is 0.622. The highest BCUT2D eigenvalue weighted by atomic mass is 32.2. The van der Waals surface area contributed by atoms with Crippen LogP contribution in [-0.2, 0) is 10.8 Å². The van der Waals surface area contributed by atoms with Gasteiger partial charge in [-0.3, -0.25) is 9.59 Å². The lowest BCUT2D eigenvalue weighted by atomic mass is 10.1. The van der Waals surface area contributed by atoms with Crippen LogP contribution in [0.1, 0.15) is 27.6 Å². The van der Waals surface area contributed by atoms with Crippen molar-refractivity contribution in [1.82, 2.24) is 9.88 Å². The van der Waals surface area contributed by atoms with Crippen molar-refractivity contribution < 1.29 is 13.8 Å². The van der Waals surface area contributed by atoms with Crippen LogP contribution in [0.3, 0.4) is 0 Å². The van der Waals surface area contributed by atoms with Gasteiger partial charge in [-0.2, -0.15) is 0 Å². The van der Waals surface area contributed by atoms with Crippen LogP contribution in [0.25, 0.3) is 0 Å². The molecule has 1 aromatic heterocycles. The first-order valence-corrected chi connectivity index (χ1v) is 12.2. The maximum Gasteiger partial charge on any atom is 0.259 e. The van der Waals surface area contributed by atoms with Crippen LogP contribution in [0.15, 0.2) is 76.7 Å². The van der Waals surface area contributed by atoms with Crippen LogP contribution in [0.5, 0.6) is 0 Å². The van der Waals surface area contributed by atoms with E-state index in [1.54, 1.807) is 53.6 Å². The highest BCUT2D eigenvalue weighted by molar-refractivity contribution is 7.85. The van der Waals surface area contributed by atoms with E-state index in [1.165, 1.54) is 0 Å². The number of amides is 2. The summed E-state index contributed by atoms with van der Waals surface area (Å²) in [6, 6.07) is 18.0. The molecular weight excluding hydrogens is 436 g/mol. The summed E-state index contributed by atoms with van der Waals surface area (Å²) >= 11 is 0. The average molecular weight is 461 g/mol. The van der Waals surface area contributed by atoms with Gasteiger partial charge in [0.25, 0.3) is 11.8 Å². The third kappa shape index (κ3) is 3.80. The Hall–Kier alpha value is -3.52. The summed E-state index contributed by atoms with van der Waals surface area (Å²) in [5, 5.41) is 0. The quantitative estimate of drug-likeness (QED) is 0.600. The van der Waals surface area contributed by atoms with Crippen molar-refractivity contribution in [2.75, 3.05) is 42.5 Å². The molecule has 0 aliphatic carbocycles. The van der Waals surface area contributed by atoms with Crippen LogP contribution >= 0.6 is 0 Å². The van der Waals surface area contributed by atoms with Gasteiger partial charge >= 0.3 is 0 Å². The molecule has 0 bridgehead atoms. The van der Waals surface area contributed by atoms with Gasteiger partial charge in [-0.05, 0) is 49.4 Å². The highest BCUT2D eigenvalue weighted by Gasteiger charge is 2.31. The molecule has 1 saturated heterocycles. The zero-order valence-corrected chi connectivity index (χ0v) is 19.1. The lowest BCUT2D eigenvalue weighted by Gasteiger charge is -2.35. The van der Waals surface area contributed by atoms with Crippen LogP contribution in [0.2, 0.25) is 0 Å². The molecule has 1 fully saturated rings. The Morgan fingerprint density at radius 1 is 0.970 bits per heavy atom. The van der Waals surface area contributed by atoms with Gasteiger partial charge in [-0.25, -0.2) is 9.19 Å². The molecule has 0 unspecified atom stereocenters. The molecule has 168 valence electrons. The Kier molecular flexibility index (Phi) is 5.68. The molecule has 8 heteroatoms. The van der Waals surface area contributed by atoms with Gasteiger partial charge in [0.2, 0.25) is 0 Å². The number of pyridine rings is 1. The van der Waals surface area contributed by atoms with Gasteiger partial charge in [0.05, 0.1) is 31.8 Å². The van der Waals surface area contributed by atoms with E-state index in [0.29, 0.717) is 59.3 Å². The van der Waals surface area contributed by atoms with Crippen molar-refractivity contribution in [3.63, 3.8) is 0 Å². The zero-order valence-electron chi connectivity index (χ0n) is 18.3. The third-order valence-corrected chi connectivity index (χ3v) is 7.62. The number of hydrogen-bond donors (Lipinski definition) is 0. The van der Waals surface area contributed by atoms with E-state index in [0.717, 1.165) is 5.82 Å². The number of piperazine rings is 1. The minimum absolute atomic E-state index is 0.0884. The van der Waals surface area contributed by atoms with E-state index in [2.05, 4.69) is 9.88 Å². The fourth-order valence-electron chi connectivity index (χ4n) is 4.37. The van der Waals surface area contributed by atoms with Crippen molar-refractivity contribution >= 4 is 34.1 Å². The van der Waals surface area contributed by atoms with Crippen molar-refractivity contribution in [3.8, 4) is 0 Å². The molecule has 2 aliphatic heterocycles. The average Bonchev–Trinajstić information content (AvgIpc) is 2.97. The third-order valence-electron chi connectivity index (χ3n) is 6.12. The largest absolute Gasteiger partial charge is 0.353 e. The van der Waals surface area contributed by atoms with Gasteiger partial charge in [0, 0.05) is 44.5 Å². The first-order valence-electron chi connectivity index (χ1n) is 11.0. The Labute approximate surface area is 195 Å². The normalized spacial score (nSPS) is 17.9. The molecule has 3 heterocycles. The minimum atomic E-state index is -1.50. The number of aromatic nitrogens is 1. The number of anilines is 2. The standard InChI is InChI=1S/C25H24N4O3S/c1-2-29-20-17-18(10-11-22(20)33(32)21-8-4-3-7-19(21)25(29)31)24(30)28-15-13-27(14-16-28)23-9-5-6-12-26-23/h3-12,17H,2,13-16H2,1H3/t33-/m0/s1. The number of carbonyl (C=O) groups excluding carboxylic acids is 2. The van der Waals surface area contributed by atoms with Crippen LogP contribution in [0.4, 0.5) is 11.5 Å². The van der Waals surface area contributed by atoms with Gasteiger partial charge in [-0.1, -0.05) is 18.2 Å². The van der Waals surface area contributed by atoms with E-state index < -0.39 is 10.8 Å². The summed E-state index contributed by atoms with van der Waals surface area (Å²) in [5.41, 5.74) is 1.47. The fraction of sp³-hybridized carbons (Fsp3) is 0.240. The first-order chi connectivity index (χ1) is 16.1. The molecule has 1 atom stereocenters. The second-order valence-electron chi connectivity index (χ2n) is 7.96. The van der Waals surface area contributed by atoms with Crippen molar-refractivity contribution in [2.24, 2.45) is 0 Å². The molecule has 2 aliphatic rings. The first kappa shape index (κ1) is 21.3. The molecule has 0 spiro atoms. The van der Waals surface area contributed by atoms with Crippen LogP contribution < -0.4 is 9.80 Å². The number of fused-ring (bicyclic) bond motifs is 2. The van der Waals surface area contributed by atoms with E-state index >= 15 is 0 Å². The lowest BCUT2D eigenvalue weighted by molar-refractivity contribution is 0.0746. The second kappa shape index (κ2) is 8.78. The monoisotopic (exact) mass is 460 g/mol. The Bertz CT molecular complexity index is 1240. The van der Waals surface area contributed by atoms with Gasteiger partial charge < -0.3 is 14.7 Å². The summed E-state index contributed by atoms with van der Waals surface area (Å²) in [7, 11) is -1.50. The summed E-state index contributed by atoms with van der Waals surface area (Å²) in [6.07, 6.45) is 1.77. The Balaban J connectivity index is 1.42. The number of hydrogen-bond acceptors (Lipinski definition) is 5. The van der Waals surface area contributed by atoms with E-state index in [-0.39, 0.29) is 11.8 Å².